The number of hydrogen-bond acceptors (Lipinski definition) is 3. The first-order valence-corrected chi connectivity index (χ1v) is 7.95. The zero-order valence-electron chi connectivity index (χ0n) is 12.0. The summed E-state index contributed by atoms with van der Waals surface area (Å²) in [5.74, 6) is 2.31. The Kier molecular flexibility index (Phi) is 7.60. The Hall–Kier alpha value is -1.00. The molecule has 0 aromatic heterocycles. The first-order chi connectivity index (χ1) is 9.11. The van der Waals surface area contributed by atoms with Crippen molar-refractivity contribution in [1.82, 2.24) is 5.32 Å². The normalized spacial score (nSPS) is 12.2. The Balaban J connectivity index is 2.24. The van der Waals surface area contributed by atoms with Crippen molar-refractivity contribution in [3.8, 4) is 0 Å². The van der Waals surface area contributed by atoms with Crippen LogP contribution in [0.25, 0.3) is 0 Å². The van der Waals surface area contributed by atoms with Crippen LogP contribution in [0.5, 0.6) is 0 Å². The van der Waals surface area contributed by atoms with Gasteiger partial charge in [-0.15, -0.1) is 0 Å². The van der Waals surface area contributed by atoms with E-state index in [1.807, 2.05) is 43.0 Å². The standard InChI is InChI=1S/C15H24N2OS/c1-4-19-9-8-13(3)16-11-15(18)17-14-7-5-6-12(2)10-14/h5-7,10,13,16H,4,8-9,11H2,1-3H3,(H,17,18). The van der Waals surface area contributed by atoms with Crippen LogP contribution in [-0.4, -0.2) is 30.0 Å². The second-order valence-electron chi connectivity index (χ2n) is 4.69. The van der Waals surface area contributed by atoms with Gasteiger partial charge in [0.15, 0.2) is 0 Å². The van der Waals surface area contributed by atoms with Gasteiger partial charge < -0.3 is 10.6 Å². The third-order valence-electron chi connectivity index (χ3n) is 2.81. The summed E-state index contributed by atoms with van der Waals surface area (Å²) in [5.41, 5.74) is 2.01. The molecule has 1 aromatic carbocycles. The molecule has 0 fully saturated rings. The van der Waals surface area contributed by atoms with Crippen molar-refractivity contribution in [2.24, 2.45) is 0 Å². The molecule has 1 amide bonds. The molecule has 0 radical (unpaired) electrons. The van der Waals surface area contributed by atoms with Crippen LogP contribution in [0.4, 0.5) is 5.69 Å². The molecular formula is C15H24N2OS. The number of amides is 1. The number of anilines is 1. The maximum Gasteiger partial charge on any atom is 0.238 e. The van der Waals surface area contributed by atoms with Crippen molar-refractivity contribution in [3.63, 3.8) is 0 Å². The lowest BCUT2D eigenvalue weighted by atomic mass is 10.2. The van der Waals surface area contributed by atoms with Crippen LogP contribution in [0.15, 0.2) is 24.3 Å². The Morgan fingerprint density at radius 3 is 2.89 bits per heavy atom. The summed E-state index contributed by atoms with van der Waals surface area (Å²) in [6.45, 7) is 6.67. The van der Waals surface area contributed by atoms with Gasteiger partial charge in [-0.3, -0.25) is 4.79 Å². The van der Waals surface area contributed by atoms with E-state index in [9.17, 15) is 4.79 Å². The summed E-state index contributed by atoms with van der Waals surface area (Å²) < 4.78 is 0. The maximum absolute atomic E-state index is 11.8. The largest absolute Gasteiger partial charge is 0.325 e. The van der Waals surface area contributed by atoms with Gasteiger partial charge in [0.2, 0.25) is 5.91 Å². The molecule has 3 nitrogen and oxygen atoms in total. The highest BCUT2D eigenvalue weighted by Gasteiger charge is 2.05. The summed E-state index contributed by atoms with van der Waals surface area (Å²) in [6.07, 6.45) is 1.09. The van der Waals surface area contributed by atoms with Crippen LogP contribution in [0, 0.1) is 6.92 Å². The van der Waals surface area contributed by atoms with E-state index in [2.05, 4.69) is 24.5 Å². The van der Waals surface area contributed by atoms with Gasteiger partial charge in [-0.2, -0.15) is 11.8 Å². The Morgan fingerprint density at radius 1 is 1.42 bits per heavy atom. The Bertz CT molecular complexity index is 395. The average molecular weight is 280 g/mol. The van der Waals surface area contributed by atoms with Crippen LogP contribution >= 0.6 is 11.8 Å². The molecule has 0 bridgehead atoms. The van der Waals surface area contributed by atoms with Gasteiger partial charge in [0.1, 0.15) is 0 Å². The molecule has 106 valence electrons. The minimum atomic E-state index is 0.0144. The fraction of sp³-hybridized carbons (Fsp3) is 0.533. The van der Waals surface area contributed by atoms with Crippen molar-refractivity contribution >= 4 is 23.4 Å². The van der Waals surface area contributed by atoms with E-state index in [0.29, 0.717) is 12.6 Å². The number of nitrogens with one attached hydrogen (secondary N) is 2. The minimum absolute atomic E-state index is 0.0144. The van der Waals surface area contributed by atoms with Gasteiger partial charge in [-0.05, 0) is 49.5 Å². The van der Waals surface area contributed by atoms with Gasteiger partial charge in [0.05, 0.1) is 6.54 Å². The molecule has 0 aliphatic rings. The molecule has 4 heteroatoms. The Labute approximate surface area is 120 Å². The topological polar surface area (TPSA) is 41.1 Å². The van der Waals surface area contributed by atoms with Gasteiger partial charge in [-0.1, -0.05) is 19.1 Å². The molecule has 19 heavy (non-hydrogen) atoms. The minimum Gasteiger partial charge on any atom is -0.325 e. The van der Waals surface area contributed by atoms with E-state index in [4.69, 9.17) is 0 Å². The summed E-state index contributed by atoms with van der Waals surface area (Å²) in [5, 5.41) is 6.15. The lowest BCUT2D eigenvalue weighted by Gasteiger charge is -2.13. The molecule has 0 saturated carbocycles. The fourth-order valence-corrected chi connectivity index (χ4v) is 2.51. The van der Waals surface area contributed by atoms with E-state index in [1.165, 1.54) is 0 Å². The third kappa shape index (κ3) is 7.23. The highest BCUT2D eigenvalue weighted by molar-refractivity contribution is 7.99. The van der Waals surface area contributed by atoms with Gasteiger partial charge in [0.25, 0.3) is 0 Å². The molecule has 0 spiro atoms. The second kappa shape index (κ2) is 8.99. The lowest BCUT2D eigenvalue weighted by molar-refractivity contribution is -0.115. The van der Waals surface area contributed by atoms with Gasteiger partial charge in [-0.25, -0.2) is 0 Å². The zero-order valence-corrected chi connectivity index (χ0v) is 12.8. The van der Waals surface area contributed by atoms with E-state index >= 15 is 0 Å². The number of rotatable bonds is 8. The molecule has 0 saturated heterocycles. The lowest BCUT2D eigenvalue weighted by Crippen LogP contribution is -2.34. The fourth-order valence-electron chi connectivity index (χ4n) is 1.70. The van der Waals surface area contributed by atoms with Crippen molar-refractivity contribution in [2.45, 2.75) is 33.2 Å². The highest BCUT2D eigenvalue weighted by atomic mass is 32.2. The van der Waals surface area contributed by atoms with E-state index in [1.54, 1.807) is 0 Å². The summed E-state index contributed by atoms with van der Waals surface area (Å²) in [6, 6.07) is 8.22. The average Bonchev–Trinajstić information content (AvgIpc) is 2.37. The number of hydrogen-bond donors (Lipinski definition) is 2. The van der Waals surface area contributed by atoms with E-state index < -0.39 is 0 Å². The third-order valence-corrected chi connectivity index (χ3v) is 3.74. The molecule has 2 N–H and O–H groups in total. The molecule has 0 aliphatic carbocycles. The highest BCUT2D eigenvalue weighted by Crippen LogP contribution is 2.09. The molecule has 1 aromatic rings. The predicted octanol–water partition coefficient (Wildman–Crippen LogP) is 3.05. The van der Waals surface area contributed by atoms with Crippen molar-refractivity contribution in [2.75, 3.05) is 23.4 Å². The van der Waals surface area contributed by atoms with Gasteiger partial charge in [0, 0.05) is 11.7 Å². The van der Waals surface area contributed by atoms with Crippen molar-refractivity contribution in [3.05, 3.63) is 29.8 Å². The van der Waals surface area contributed by atoms with Crippen LogP contribution in [-0.2, 0) is 4.79 Å². The van der Waals surface area contributed by atoms with E-state index in [0.717, 1.165) is 29.2 Å². The number of thioether (sulfide) groups is 1. The van der Waals surface area contributed by atoms with E-state index in [-0.39, 0.29) is 5.91 Å². The molecule has 1 unspecified atom stereocenters. The monoisotopic (exact) mass is 280 g/mol. The van der Waals surface area contributed by atoms with Gasteiger partial charge >= 0.3 is 0 Å². The Morgan fingerprint density at radius 2 is 2.21 bits per heavy atom. The summed E-state index contributed by atoms with van der Waals surface area (Å²) >= 11 is 1.93. The maximum atomic E-state index is 11.8. The molecule has 0 heterocycles. The van der Waals surface area contributed by atoms with Crippen LogP contribution < -0.4 is 10.6 Å². The van der Waals surface area contributed by atoms with Crippen molar-refractivity contribution < 1.29 is 4.79 Å². The number of benzene rings is 1. The molecular weight excluding hydrogens is 256 g/mol. The SMILES string of the molecule is CCSCCC(C)NCC(=O)Nc1cccc(C)c1. The van der Waals surface area contributed by atoms with Crippen LogP contribution in [0.3, 0.4) is 0 Å². The number of aryl methyl sites for hydroxylation is 1. The van der Waals surface area contributed by atoms with Crippen molar-refractivity contribution in [1.29, 1.82) is 0 Å². The smallest absolute Gasteiger partial charge is 0.238 e. The summed E-state index contributed by atoms with van der Waals surface area (Å²) in [4.78, 5) is 11.8. The molecule has 1 rings (SSSR count). The quantitative estimate of drug-likeness (QED) is 0.719. The predicted molar refractivity (Wildman–Crippen MR) is 84.9 cm³/mol. The summed E-state index contributed by atoms with van der Waals surface area (Å²) in [7, 11) is 0. The van der Waals surface area contributed by atoms with Crippen LogP contribution in [0.2, 0.25) is 0 Å². The first kappa shape index (κ1) is 16.1. The number of carbonyl (C=O) groups excluding carboxylic acids is 1. The number of carbonyl (C=O) groups is 1. The first-order valence-electron chi connectivity index (χ1n) is 6.79. The molecule has 1 atom stereocenters. The second-order valence-corrected chi connectivity index (χ2v) is 6.08. The molecule has 0 aliphatic heterocycles. The zero-order chi connectivity index (χ0) is 14.1. The van der Waals surface area contributed by atoms with Crippen LogP contribution in [0.1, 0.15) is 25.8 Å².